The molecule has 0 aromatic heterocycles. The monoisotopic (exact) mass is 227 g/mol. The van der Waals surface area contributed by atoms with Crippen molar-refractivity contribution >= 4 is 5.91 Å². The predicted molar refractivity (Wildman–Crippen MR) is 60.0 cm³/mol. The van der Waals surface area contributed by atoms with Crippen molar-refractivity contribution in [2.24, 2.45) is 5.92 Å². The first kappa shape index (κ1) is 11.9. The standard InChI is InChI=1S/C12H21NO3/c1-12(15)4-6-13(7-5-12)11(14)10-3-2-8-16-9-10/h10,15H,2-9H2,1H3. The van der Waals surface area contributed by atoms with Crippen molar-refractivity contribution in [2.75, 3.05) is 26.3 Å². The Labute approximate surface area is 96.6 Å². The second kappa shape index (κ2) is 4.72. The number of rotatable bonds is 1. The third-order valence-electron chi connectivity index (χ3n) is 3.66. The van der Waals surface area contributed by atoms with Gasteiger partial charge in [-0.05, 0) is 32.6 Å². The predicted octanol–water partition coefficient (Wildman–Crippen LogP) is 0.786. The molecule has 0 spiro atoms. The molecule has 1 atom stereocenters. The van der Waals surface area contributed by atoms with Crippen molar-refractivity contribution < 1.29 is 14.6 Å². The Hall–Kier alpha value is -0.610. The Bertz CT molecular complexity index is 249. The lowest BCUT2D eigenvalue weighted by atomic mass is 9.92. The maximum Gasteiger partial charge on any atom is 0.228 e. The van der Waals surface area contributed by atoms with Gasteiger partial charge < -0.3 is 14.7 Å². The molecule has 2 heterocycles. The number of amides is 1. The number of hydrogen-bond acceptors (Lipinski definition) is 3. The molecule has 0 aromatic rings. The van der Waals surface area contributed by atoms with E-state index in [2.05, 4.69) is 0 Å². The molecule has 0 radical (unpaired) electrons. The van der Waals surface area contributed by atoms with Crippen molar-refractivity contribution in [2.45, 2.75) is 38.2 Å². The van der Waals surface area contributed by atoms with Crippen molar-refractivity contribution in [3.63, 3.8) is 0 Å². The highest BCUT2D eigenvalue weighted by atomic mass is 16.5. The number of likely N-dealkylation sites (tertiary alicyclic amines) is 1. The quantitative estimate of drug-likeness (QED) is 0.720. The fraction of sp³-hybridized carbons (Fsp3) is 0.917. The van der Waals surface area contributed by atoms with E-state index >= 15 is 0 Å². The third-order valence-corrected chi connectivity index (χ3v) is 3.66. The summed E-state index contributed by atoms with van der Waals surface area (Å²) in [6, 6.07) is 0. The second-order valence-electron chi connectivity index (χ2n) is 5.24. The summed E-state index contributed by atoms with van der Waals surface area (Å²) in [5, 5.41) is 9.82. The van der Waals surface area contributed by atoms with E-state index in [4.69, 9.17) is 4.74 Å². The molecule has 92 valence electrons. The van der Waals surface area contributed by atoms with Gasteiger partial charge in [-0.25, -0.2) is 0 Å². The first-order valence-corrected chi connectivity index (χ1v) is 6.17. The summed E-state index contributed by atoms with van der Waals surface area (Å²) in [7, 11) is 0. The van der Waals surface area contributed by atoms with Gasteiger partial charge in [0.15, 0.2) is 0 Å². The highest BCUT2D eigenvalue weighted by molar-refractivity contribution is 5.79. The van der Waals surface area contributed by atoms with Crippen molar-refractivity contribution in [3.8, 4) is 0 Å². The fourth-order valence-corrected chi connectivity index (χ4v) is 2.40. The van der Waals surface area contributed by atoms with E-state index in [0.29, 0.717) is 32.5 Å². The largest absolute Gasteiger partial charge is 0.390 e. The van der Waals surface area contributed by atoms with Gasteiger partial charge in [0.1, 0.15) is 0 Å². The van der Waals surface area contributed by atoms with E-state index in [1.165, 1.54) is 0 Å². The van der Waals surface area contributed by atoms with Gasteiger partial charge in [-0.3, -0.25) is 4.79 Å². The maximum atomic E-state index is 12.1. The van der Waals surface area contributed by atoms with Crippen LogP contribution in [0.3, 0.4) is 0 Å². The molecule has 2 fully saturated rings. The molecule has 2 aliphatic rings. The summed E-state index contributed by atoms with van der Waals surface area (Å²) in [5.74, 6) is 0.270. The summed E-state index contributed by atoms with van der Waals surface area (Å²) >= 11 is 0. The van der Waals surface area contributed by atoms with Gasteiger partial charge in [-0.15, -0.1) is 0 Å². The van der Waals surface area contributed by atoms with E-state index in [9.17, 15) is 9.90 Å². The normalized spacial score (nSPS) is 30.1. The van der Waals surface area contributed by atoms with E-state index in [0.717, 1.165) is 19.4 Å². The molecule has 4 nitrogen and oxygen atoms in total. The van der Waals surface area contributed by atoms with Crippen molar-refractivity contribution in [1.29, 1.82) is 0 Å². The van der Waals surface area contributed by atoms with Crippen molar-refractivity contribution in [1.82, 2.24) is 4.90 Å². The van der Waals surface area contributed by atoms with Crippen LogP contribution in [0, 0.1) is 5.92 Å². The molecule has 0 aromatic carbocycles. The lowest BCUT2D eigenvalue weighted by molar-refractivity contribution is -0.143. The van der Waals surface area contributed by atoms with Gasteiger partial charge in [0.2, 0.25) is 5.91 Å². The number of hydrogen-bond donors (Lipinski definition) is 1. The van der Waals surface area contributed by atoms with Gasteiger partial charge in [0.05, 0.1) is 18.1 Å². The van der Waals surface area contributed by atoms with Crippen molar-refractivity contribution in [3.05, 3.63) is 0 Å². The molecular weight excluding hydrogens is 206 g/mol. The molecule has 1 amide bonds. The van der Waals surface area contributed by atoms with E-state index in [-0.39, 0.29) is 11.8 Å². The molecule has 0 saturated carbocycles. The lowest BCUT2D eigenvalue weighted by Gasteiger charge is -2.37. The summed E-state index contributed by atoms with van der Waals surface area (Å²) in [6.07, 6.45) is 3.31. The molecule has 4 heteroatoms. The molecule has 2 aliphatic heterocycles. The Balaban J connectivity index is 1.86. The minimum Gasteiger partial charge on any atom is -0.390 e. The first-order valence-electron chi connectivity index (χ1n) is 6.17. The molecule has 1 unspecified atom stereocenters. The summed E-state index contributed by atoms with van der Waals surface area (Å²) in [5.41, 5.74) is -0.583. The molecule has 1 N–H and O–H groups in total. The van der Waals surface area contributed by atoms with E-state index in [1.54, 1.807) is 0 Å². The molecule has 2 rings (SSSR count). The first-order chi connectivity index (χ1) is 7.58. The van der Waals surface area contributed by atoms with Crippen LogP contribution in [0.25, 0.3) is 0 Å². The topological polar surface area (TPSA) is 49.8 Å². The SMILES string of the molecule is CC1(O)CCN(C(=O)C2CCCOC2)CC1. The zero-order valence-electron chi connectivity index (χ0n) is 9.95. The van der Waals surface area contributed by atoms with Crippen LogP contribution in [0.15, 0.2) is 0 Å². The molecule has 2 saturated heterocycles. The average molecular weight is 227 g/mol. The Morgan fingerprint density at radius 2 is 2.12 bits per heavy atom. The van der Waals surface area contributed by atoms with Crippen LogP contribution in [0.4, 0.5) is 0 Å². The fourth-order valence-electron chi connectivity index (χ4n) is 2.40. The van der Waals surface area contributed by atoms with Crippen LogP contribution in [0.5, 0.6) is 0 Å². The number of carbonyl (C=O) groups excluding carboxylic acids is 1. The molecular formula is C12H21NO3. The Kier molecular flexibility index (Phi) is 3.50. The van der Waals surface area contributed by atoms with Crippen LogP contribution in [-0.4, -0.2) is 47.8 Å². The van der Waals surface area contributed by atoms with E-state index in [1.807, 2.05) is 11.8 Å². The third kappa shape index (κ3) is 2.74. The average Bonchev–Trinajstić information content (AvgIpc) is 2.29. The molecule has 0 aliphatic carbocycles. The molecule has 16 heavy (non-hydrogen) atoms. The Morgan fingerprint density at radius 1 is 1.44 bits per heavy atom. The van der Waals surface area contributed by atoms with Gasteiger partial charge >= 0.3 is 0 Å². The van der Waals surface area contributed by atoms with Crippen LogP contribution in [0.2, 0.25) is 0 Å². The number of carbonyl (C=O) groups is 1. The zero-order chi connectivity index (χ0) is 11.6. The zero-order valence-corrected chi connectivity index (χ0v) is 9.95. The second-order valence-corrected chi connectivity index (χ2v) is 5.24. The van der Waals surface area contributed by atoms with Crippen LogP contribution >= 0.6 is 0 Å². The van der Waals surface area contributed by atoms with Crippen LogP contribution in [0.1, 0.15) is 32.6 Å². The number of aliphatic hydroxyl groups is 1. The maximum absolute atomic E-state index is 12.1. The summed E-state index contributed by atoms with van der Waals surface area (Å²) < 4.78 is 5.34. The van der Waals surface area contributed by atoms with E-state index < -0.39 is 5.60 Å². The summed E-state index contributed by atoms with van der Waals surface area (Å²) in [4.78, 5) is 14.0. The van der Waals surface area contributed by atoms with Crippen LogP contribution in [-0.2, 0) is 9.53 Å². The minimum atomic E-state index is -0.583. The van der Waals surface area contributed by atoms with Crippen LogP contribution < -0.4 is 0 Å². The Morgan fingerprint density at radius 3 is 2.69 bits per heavy atom. The number of ether oxygens (including phenoxy) is 1. The van der Waals surface area contributed by atoms with Gasteiger partial charge in [-0.2, -0.15) is 0 Å². The highest BCUT2D eigenvalue weighted by Gasteiger charge is 2.33. The molecule has 0 bridgehead atoms. The highest BCUT2D eigenvalue weighted by Crippen LogP contribution is 2.24. The van der Waals surface area contributed by atoms with Gasteiger partial charge in [-0.1, -0.05) is 0 Å². The minimum absolute atomic E-state index is 0.0526. The van der Waals surface area contributed by atoms with Gasteiger partial charge in [0, 0.05) is 19.7 Å². The number of nitrogens with zero attached hydrogens (tertiary/aromatic N) is 1. The smallest absolute Gasteiger partial charge is 0.228 e. The number of piperidine rings is 1. The van der Waals surface area contributed by atoms with Gasteiger partial charge in [0.25, 0.3) is 0 Å². The lowest BCUT2D eigenvalue weighted by Crippen LogP contribution is -2.48. The summed E-state index contributed by atoms with van der Waals surface area (Å²) in [6.45, 7) is 4.58.